The molecule has 2 aromatic heterocycles. The van der Waals surface area contributed by atoms with Crippen molar-refractivity contribution in [2.24, 2.45) is 0 Å². The normalized spacial score (nSPS) is 12.3. The number of thiazole rings is 1. The smallest absolute Gasteiger partial charge is 0.263 e. The fourth-order valence-electron chi connectivity index (χ4n) is 1.67. The Labute approximate surface area is 128 Å². The van der Waals surface area contributed by atoms with E-state index in [1.165, 1.54) is 11.3 Å². The highest BCUT2D eigenvalue weighted by molar-refractivity contribution is 7.84. The summed E-state index contributed by atoms with van der Waals surface area (Å²) in [6.45, 7) is 2.40. The average molecular weight is 328 g/mol. The Morgan fingerprint density at radius 2 is 2.30 bits per heavy atom. The van der Waals surface area contributed by atoms with Crippen LogP contribution in [0.3, 0.4) is 0 Å². The molecule has 4 nitrogen and oxygen atoms in total. The number of rotatable bonds is 6. The Bertz CT molecular complexity index is 605. The molecule has 0 saturated heterocycles. The first-order chi connectivity index (χ1) is 9.58. The van der Waals surface area contributed by atoms with Crippen molar-refractivity contribution in [3.8, 4) is 9.88 Å². The molecule has 0 spiro atoms. The molecule has 0 aliphatic heterocycles. The third-order valence-corrected chi connectivity index (χ3v) is 5.69. The van der Waals surface area contributed by atoms with Crippen molar-refractivity contribution in [1.29, 1.82) is 0 Å². The van der Waals surface area contributed by atoms with Crippen molar-refractivity contribution in [2.45, 2.75) is 13.3 Å². The van der Waals surface area contributed by atoms with E-state index < -0.39 is 10.8 Å². The Kier molecular flexibility index (Phi) is 5.45. The van der Waals surface area contributed by atoms with Crippen LogP contribution in [0, 0.1) is 6.92 Å². The van der Waals surface area contributed by atoms with Crippen LogP contribution < -0.4 is 5.32 Å². The van der Waals surface area contributed by atoms with E-state index in [1.54, 1.807) is 17.6 Å². The van der Waals surface area contributed by atoms with Crippen LogP contribution in [0.1, 0.15) is 21.8 Å². The molecule has 0 radical (unpaired) electrons. The van der Waals surface area contributed by atoms with E-state index in [-0.39, 0.29) is 5.91 Å². The second-order valence-electron chi connectivity index (χ2n) is 4.30. The highest BCUT2D eigenvalue weighted by atomic mass is 32.2. The summed E-state index contributed by atoms with van der Waals surface area (Å²) in [5.74, 6) is 0.521. The molecule has 0 aliphatic carbocycles. The lowest BCUT2D eigenvalue weighted by atomic mass is 10.3. The topological polar surface area (TPSA) is 59.1 Å². The number of aromatic nitrogens is 1. The molecule has 0 fully saturated rings. The molecule has 1 unspecified atom stereocenters. The Hall–Kier alpha value is -1.05. The van der Waals surface area contributed by atoms with Gasteiger partial charge in [-0.1, -0.05) is 6.07 Å². The highest BCUT2D eigenvalue weighted by Crippen LogP contribution is 2.30. The minimum absolute atomic E-state index is 0.0929. The zero-order valence-corrected chi connectivity index (χ0v) is 13.8. The zero-order chi connectivity index (χ0) is 14.5. The maximum absolute atomic E-state index is 12.1. The quantitative estimate of drug-likeness (QED) is 0.829. The highest BCUT2D eigenvalue weighted by Gasteiger charge is 2.16. The fourth-order valence-corrected chi connectivity index (χ4v) is 4.00. The summed E-state index contributed by atoms with van der Waals surface area (Å²) in [6, 6.07) is 3.97. The van der Waals surface area contributed by atoms with Gasteiger partial charge in [0.2, 0.25) is 0 Å². The van der Waals surface area contributed by atoms with Crippen LogP contribution in [-0.2, 0) is 10.8 Å². The zero-order valence-electron chi connectivity index (χ0n) is 11.3. The third kappa shape index (κ3) is 3.97. The van der Waals surface area contributed by atoms with Gasteiger partial charge in [-0.25, -0.2) is 4.98 Å². The molecule has 1 atom stereocenters. The summed E-state index contributed by atoms with van der Waals surface area (Å²) in [7, 11) is -0.805. The van der Waals surface area contributed by atoms with E-state index in [0.29, 0.717) is 17.2 Å². The van der Waals surface area contributed by atoms with Gasteiger partial charge in [0.25, 0.3) is 5.91 Å². The second-order valence-corrected chi connectivity index (χ2v) is 7.80. The molecular formula is C13H16N2O2S3. The van der Waals surface area contributed by atoms with Gasteiger partial charge in [-0.15, -0.1) is 22.7 Å². The number of nitrogens with zero attached hydrogens (tertiary/aromatic N) is 1. The molecule has 7 heteroatoms. The maximum atomic E-state index is 12.1. The summed E-state index contributed by atoms with van der Waals surface area (Å²) in [6.07, 6.45) is 2.40. The first kappa shape index (κ1) is 15.3. The first-order valence-electron chi connectivity index (χ1n) is 6.17. The van der Waals surface area contributed by atoms with E-state index in [9.17, 15) is 9.00 Å². The van der Waals surface area contributed by atoms with Gasteiger partial charge in [0.15, 0.2) is 0 Å². The van der Waals surface area contributed by atoms with Crippen LogP contribution in [0.25, 0.3) is 9.88 Å². The molecule has 2 rings (SSSR count). The fraction of sp³-hybridized carbons (Fsp3) is 0.385. The molecular weight excluding hydrogens is 312 g/mol. The van der Waals surface area contributed by atoms with Crippen molar-refractivity contribution in [1.82, 2.24) is 10.3 Å². The van der Waals surface area contributed by atoms with Gasteiger partial charge in [-0.3, -0.25) is 9.00 Å². The number of hydrogen-bond donors (Lipinski definition) is 1. The molecule has 2 heterocycles. The molecule has 0 bridgehead atoms. The molecule has 2 aromatic rings. The predicted octanol–water partition coefficient (Wildman–Crippen LogP) is 2.68. The van der Waals surface area contributed by atoms with Crippen LogP contribution in [-0.4, -0.2) is 33.7 Å². The van der Waals surface area contributed by atoms with Gasteiger partial charge in [0, 0.05) is 29.4 Å². The summed E-state index contributed by atoms with van der Waals surface area (Å²) < 4.78 is 10.9. The molecule has 1 N–H and O–H groups in total. The monoisotopic (exact) mass is 328 g/mol. The number of nitrogens with one attached hydrogen (secondary N) is 1. The Balaban J connectivity index is 1.98. The SMILES string of the molecule is Cc1nc(-c2cccs2)sc1C(=O)NCCCS(C)=O. The van der Waals surface area contributed by atoms with E-state index in [2.05, 4.69) is 10.3 Å². The minimum Gasteiger partial charge on any atom is -0.351 e. The van der Waals surface area contributed by atoms with E-state index in [0.717, 1.165) is 22.0 Å². The van der Waals surface area contributed by atoms with Gasteiger partial charge in [-0.2, -0.15) is 0 Å². The van der Waals surface area contributed by atoms with Crippen LogP contribution in [0.15, 0.2) is 17.5 Å². The summed E-state index contributed by atoms with van der Waals surface area (Å²) >= 11 is 3.03. The molecule has 0 aromatic carbocycles. The van der Waals surface area contributed by atoms with E-state index >= 15 is 0 Å². The predicted molar refractivity (Wildman–Crippen MR) is 86.0 cm³/mol. The van der Waals surface area contributed by atoms with Crippen molar-refractivity contribution < 1.29 is 9.00 Å². The summed E-state index contributed by atoms with van der Waals surface area (Å²) in [5.41, 5.74) is 0.759. The Morgan fingerprint density at radius 3 is 2.95 bits per heavy atom. The Morgan fingerprint density at radius 1 is 1.50 bits per heavy atom. The largest absolute Gasteiger partial charge is 0.351 e. The van der Waals surface area contributed by atoms with Crippen molar-refractivity contribution in [3.05, 3.63) is 28.1 Å². The van der Waals surface area contributed by atoms with Crippen LogP contribution >= 0.6 is 22.7 Å². The number of thiophene rings is 1. The van der Waals surface area contributed by atoms with Crippen LogP contribution in [0.2, 0.25) is 0 Å². The summed E-state index contributed by atoms with van der Waals surface area (Å²) in [4.78, 5) is 18.3. The number of carbonyl (C=O) groups excluding carboxylic acids is 1. The van der Waals surface area contributed by atoms with E-state index in [1.807, 2.05) is 24.4 Å². The average Bonchev–Trinajstić information content (AvgIpc) is 3.02. The first-order valence-corrected chi connectivity index (χ1v) is 9.60. The van der Waals surface area contributed by atoms with Gasteiger partial charge in [0.1, 0.15) is 9.88 Å². The number of carbonyl (C=O) groups is 1. The second kappa shape index (κ2) is 7.10. The molecule has 0 aliphatic rings. The lowest BCUT2D eigenvalue weighted by Gasteiger charge is -2.02. The van der Waals surface area contributed by atoms with Gasteiger partial charge < -0.3 is 5.32 Å². The van der Waals surface area contributed by atoms with Crippen molar-refractivity contribution in [2.75, 3.05) is 18.6 Å². The lowest BCUT2D eigenvalue weighted by molar-refractivity contribution is 0.0957. The molecule has 108 valence electrons. The van der Waals surface area contributed by atoms with E-state index in [4.69, 9.17) is 0 Å². The maximum Gasteiger partial charge on any atom is 0.263 e. The number of hydrogen-bond acceptors (Lipinski definition) is 5. The molecule has 1 amide bonds. The van der Waals surface area contributed by atoms with Crippen LogP contribution in [0.4, 0.5) is 0 Å². The van der Waals surface area contributed by atoms with Gasteiger partial charge in [0.05, 0.1) is 10.6 Å². The summed E-state index contributed by atoms with van der Waals surface area (Å²) in [5, 5.41) is 5.74. The minimum atomic E-state index is -0.805. The third-order valence-electron chi connectivity index (χ3n) is 2.63. The number of amides is 1. The molecule has 20 heavy (non-hydrogen) atoms. The van der Waals surface area contributed by atoms with Crippen molar-refractivity contribution in [3.63, 3.8) is 0 Å². The standard InChI is InChI=1S/C13H16N2O2S3/c1-9-11(12(16)14-6-4-8-20(2)17)19-13(15-9)10-5-3-7-18-10/h3,5,7H,4,6,8H2,1-2H3,(H,14,16). The van der Waals surface area contributed by atoms with Gasteiger partial charge >= 0.3 is 0 Å². The molecule has 0 saturated carbocycles. The lowest BCUT2D eigenvalue weighted by Crippen LogP contribution is -2.25. The van der Waals surface area contributed by atoms with Gasteiger partial charge in [-0.05, 0) is 24.8 Å². The van der Waals surface area contributed by atoms with Crippen molar-refractivity contribution >= 4 is 39.4 Å². The van der Waals surface area contributed by atoms with Crippen LogP contribution in [0.5, 0.6) is 0 Å². The number of aryl methyl sites for hydroxylation is 1.